The standard InChI is InChI=1S/C11H21NO/c1-9-3-4-10(7-9)12-6-5-11(2,13)8-12/h9-10,13H,3-8H2,1-2H3. The van der Waals surface area contributed by atoms with Crippen molar-refractivity contribution in [3.63, 3.8) is 0 Å². The maximum atomic E-state index is 9.85. The first kappa shape index (κ1) is 9.47. The van der Waals surface area contributed by atoms with E-state index in [-0.39, 0.29) is 0 Å². The first-order valence-electron chi connectivity index (χ1n) is 5.53. The molecule has 0 radical (unpaired) electrons. The summed E-state index contributed by atoms with van der Waals surface area (Å²) in [5, 5.41) is 9.85. The van der Waals surface area contributed by atoms with E-state index in [9.17, 15) is 5.11 Å². The van der Waals surface area contributed by atoms with Crippen LogP contribution in [0, 0.1) is 5.92 Å². The normalized spacial score (nSPS) is 47.3. The van der Waals surface area contributed by atoms with Gasteiger partial charge in [-0.2, -0.15) is 0 Å². The van der Waals surface area contributed by atoms with Gasteiger partial charge in [-0.15, -0.1) is 0 Å². The van der Waals surface area contributed by atoms with Gasteiger partial charge in [-0.25, -0.2) is 0 Å². The molecule has 1 aliphatic heterocycles. The first-order chi connectivity index (χ1) is 6.07. The SMILES string of the molecule is CC1CCC(N2CCC(C)(O)C2)C1. The Morgan fingerprint density at radius 1 is 1.38 bits per heavy atom. The summed E-state index contributed by atoms with van der Waals surface area (Å²) < 4.78 is 0. The van der Waals surface area contributed by atoms with E-state index in [1.54, 1.807) is 0 Å². The van der Waals surface area contributed by atoms with E-state index in [1.807, 2.05) is 6.92 Å². The van der Waals surface area contributed by atoms with Crippen LogP contribution in [-0.4, -0.2) is 34.7 Å². The van der Waals surface area contributed by atoms with Gasteiger partial charge in [0.15, 0.2) is 0 Å². The molecule has 0 aromatic rings. The highest BCUT2D eigenvalue weighted by Crippen LogP contribution is 2.32. The fourth-order valence-electron chi connectivity index (χ4n) is 2.80. The van der Waals surface area contributed by atoms with Crippen LogP contribution in [0.3, 0.4) is 0 Å². The average molecular weight is 183 g/mol. The number of β-amino-alcohol motifs (C(OH)–C–C–N with tert-alkyl or cyclic N) is 1. The second-order valence-corrected chi connectivity index (χ2v) is 5.29. The van der Waals surface area contributed by atoms with Gasteiger partial charge in [0.1, 0.15) is 0 Å². The smallest absolute Gasteiger partial charge is 0.0758 e. The highest BCUT2D eigenvalue weighted by atomic mass is 16.3. The highest BCUT2D eigenvalue weighted by Gasteiger charge is 2.36. The van der Waals surface area contributed by atoms with E-state index in [4.69, 9.17) is 0 Å². The van der Waals surface area contributed by atoms with Crippen LogP contribution in [0.2, 0.25) is 0 Å². The Labute approximate surface area is 80.9 Å². The van der Waals surface area contributed by atoms with Gasteiger partial charge in [0, 0.05) is 19.1 Å². The van der Waals surface area contributed by atoms with Crippen LogP contribution in [0.4, 0.5) is 0 Å². The zero-order valence-electron chi connectivity index (χ0n) is 8.79. The van der Waals surface area contributed by atoms with E-state index in [1.165, 1.54) is 19.3 Å². The molecule has 1 saturated heterocycles. The van der Waals surface area contributed by atoms with Crippen molar-refractivity contribution >= 4 is 0 Å². The summed E-state index contributed by atoms with van der Waals surface area (Å²) in [6.07, 6.45) is 5.02. The Balaban J connectivity index is 1.89. The van der Waals surface area contributed by atoms with Gasteiger partial charge in [-0.1, -0.05) is 6.92 Å². The largest absolute Gasteiger partial charge is 0.389 e. The molecular weight excluding hydrogens is 162 g/mol. The Bertz CT molecular complexity index is 191. The molecule has 3 unspecified atom stereocenters. The van der Waals surface area contributed by atoms with Crippen molar-refractivity contribution in [2.24, 2.45) is 5.92 Å². The lowest BCUT2D eigenvalue weighted by molar-refractivity contribution is 0.0623. The molecule has 2 aliphatic rings. The van der Waals surface area contributed by atoms with Crippen LogP contribution < -0.4 is 0 Å². The highest BCUT2D eigenvalue weighted by molar-refractivity contribution is 4.91. The Hall–Kier alpha value is -0.0800. The lowest BCUT2D eigenvalue weighted by Crippen LogP contribution is -2.35. The number of aliphatic hydroxyl groups is 1. The van der Waals surface area contributed by atoms with E-state index < -0.39 is 5.60 Å². The summed E-state index contributed by atoms with van der Waals surface area (Å²) in [5.74, 6) is 0.899. The molecule has 0 spiro atoms. The minimum Gasteiger partial charge on any atom is -0.389 e. The van der Waals surface area contributed by atoms with E-state index in [2.05, 4.69) is 11.8 Å². The van der Waals surface area contributed by atoms with Crippen LogP contribution in [-0.2, 0) is 0 Å². The van der Waals surface area contributed by atoms with Crippen LogP contribution in [0.5, 0.6) is 0 Å². The lowest BCUT2D eigenvalue weighted by Gasteiger charge is -2.25. The van der Waals surface area contributed by atoms with E-state index >= 15 is 0 Å². The second-order valence-electron chi connectivity index (χ2n) is 5.29. The minimum atomic E-state index is -0.411. The van der Waals surface area contributed by atoms with Crippen molar-refractivity contribution in [1.29, 1.82) is 0 Å². The van der Waals surface area contributed by atoms with Gasteiger partial charge < -0.3 is 5.11 Å². The monoisotopic (exact) mass is 183 g/mol. The van der Waals surface area contributed by atoms with Crippen LogP contribution >= 0.6 is 0 Å². The van der Waals surface area contributed by atoms with Crippen molar-refractivity contribution in [2.45, 2.75) is 51.2 Å². The molecular formula is C11H21NO. The molecule has 2 rings (SSSR count). The van der Waals surface area contributed by atoms with Crippen LogP contribution in [0.25, 0.3) is 0 Å². The molecule has 0 aromatic carbocycles. The molecule has 3 atom stereocenters. The summed E-state index contributed by atoms with van der Waals surface area (Å²) in [6, 6.07) is 0.768. The predicted octanol–water partition coefficient (Wildman–Crippen LogP) is 1.63. The van der Waals surface area contributed by atoms with Gasteiger partial charge in [0.25, 0.3) is 0 Å². The molecule has 2 fully saturated rings. The maximum Gasteiger partial charge on any atom is 0.0758 e. The Kier molecular flexibility index (Phi) is 2.37. The minimum absolute atomic E-state index is 0.411. The molecule has 1 heterocycles. The third-order valence-electron chi connectivity index (χ3n) is 3.66. The molecule has 0 amide bonds. The number of hydrogen-bond donors (Lipinski definition) is 1. The number of hydrogen-bond acceptors (Lipinski definition) is 2. The molecule has 76 valence electrons. The average Bonchev–Trinajstić information content (AvgIpc) is 2.56. The summed E-state index contributed by atoms with van der Waals surface area (Å²) >= 11 is 0. The van der Waals surface area contributed by atoms with Gasteiger partial charge in [0.2, 0.25) is 0 Å². The van der Waals surface area contributed by atoms with Gasteiger partial charge in [0.05, 0.1) is 5.60 Å². The molecule has 1 saturated carbocycles. The number of nitrogens with zero attached hydrogens (tertiary/aromatic N) is 1. The summed E-state index contributed by atoms with van der Waals surface area (Å²) in [7, 11) is 0. The second kappa shape index (κ2) is 3.25. The molecule has 2 nitrogen and oxygen atoms in total. The van der Waals surface area contributed by atoms with Gasteiger partial charge in [-0.3, -0.25) is 4.90 Å². The molecule has 13 heavy (non-hydrogen) atoms. The van der Waals surface area contributed by atoms with Crippen molar-refractivity contribution in [2.75, 3.05) is 13.1 Å². The third kappa shape index (κ3) is 2.05. The molecule has 1 N–H and O–H groups in total. The zero-order valence-corrected chi connectivity index (χ0v) is 8.79. The molecule has 1 aliphatic carbocycles. The summed E-state index contributed by atoms with van der Waals surface area (Å²) in [6.45, 7) is 6.30. The number of likely N-dealkylation sites (tertiary alicyclic amines) is 1. The summed E-state index contributed by atoms with van der Waals surface area (Å²) in [4.78, 5) is 2.49. The van der Waals surface area contributed by atoms with E-state index in [0.29, 0.717) is 0 Å². The number of rotatable bonds is 1. The quantitative estimate of drug-likeness (QED) is 0.668. The topological polar surface area (TPSA) is 23.5 Å². The molecule has 2 heteroatoms. The first-order valence-corrected chi connectivity index (χ1v) is 5.53. The Morgan fingerprint density at radius 3 is 2.62 bits per heavy atom. The Morgan fingerprint density at radius 2 is 2.15 bits per heavy atom. The summed E-state index contributed by atoms with van der Waals surface area (Å²) in [5.41, 5.74) is -0.411. The van der Waals surface area contributed by atoms with Gasteiger partial charge >= 0.3 is 0 Å². The van der Waals surface area contributed by atoms with Crippen molar-refractivity contribution in [3.05, 3.63) is 0 Å². The molecule has 0 bridgehead atoms. The van der Waals surface area contributed by atoms with Crippen LogP contribution in [0.15, 0.2) is 0 Å². The lowest BCUT2D eigenvalue weighted by atomic mass is 10.1. The fraction of sp³-hybridized carbons (Fsp3) is 1.00. The van der Waals surface area contributed by atoms with Crippen LogP contribution in [0.1, 0.15) is 39.5 Å². The maximum absolute atomic E-state index is 9.85. The van der Waals surface area contributed by atoms with E-state index in [0.717, 1.165) is 31.5 Å². The van der Waals surface area contributed by atoms with Crippen molar-refractivity contribution in [1.82, 2.24) is 4.90 Å². The fourth-order valence-corrected chi connectivity index (χ4v) is 2.80. The van der Waals surface area contributed by atoms with Crippen molar-refractivity contribution in [3.8, 4) is 0 Å². The third-order valence-corrected chi connectivity index (χ3v) is 3.66. The predicted molar refractivity (Wildman–Crippen MR) is 53.6 cm³/mol. The van der Waals surface area contributed by atoms with Crippen molar-refractivity contribution < 1.29 is 5.11 Å². The van der Waals surface area contributed by atoms with Gasteiger partial charge in [-0.05, 0) is 38.5 Å². The zero-order chi connectivity index (χ0) is 9.47. The molecule has 0 aromatic heterocycles.